The van der Waals surface area contributed by atoms with Gasteiger partial charge in [0.1, 0.15) is 12.4 Å². The van der Waals surface area contributed by atoms with Crippen LogP contribution in [0.3, 0.4) is 0 Å². The maximum atomic E-state index is 13.8. The number of hydrogen-bond acceptors (Lipinski definition) is 4. The number of aromatic nitrogens is 2. The Hall–Kier alpha value is -2.77. The van der Waals surface area contributed by atoms with Crippen LogP contribution < -0.4 is 10.6 Å². The van der Waals surface area contributed by atoms with Crippen LogP contribution in [0.25, 0.3) is 0 Å². The molecule has 2 aliphatic rings. The van der Waals surface area contributed by atoms with Crippen LogP contribution in [0.15, 0.2) is 54.6 Å². The van der Waals surface area contributed by atoms with Gasteiger partial charge in [-0.2, -0.15) is 16.9 Å². The molecular formula is C26H27ClN4O2S. The van der Waals surface area contributed by atoms with Gasteiger partial charge >= 0.3 is 0 Å². The minimum atomic E-state index is -0.589. The Kier molecular flexibility index (Phi) is 6.66. The van der Waals surface area contributed by atoms with Crippen LogP contribution >= 0.6 is 23.4 Å². The number of amides is 2. The summed E-state index contributed by atoms with van der Waals surface area (Å²) in [6.07, 6.45) is 3.60. The van der Waals surface area contributed by atoms with E-state index in [-0.39, 0.29) is 18.4 Å². The van der Waals surface area contributed by atoms with Crippen molar-refractivity contribution in [2.75, 3.05) is 5.32 Å². The van der Waals surface area contributed by atoms with Gasteiger partial charge in [-0.25, -0.2) is 4.68 Å². The number of benzene rings is 2. The molecule has 2 amide bonds. The molecule has 34 heavy (non-hydrogen) atoms. The van der Waals surface area contributed by atoms with E-state index in [0.29, 0.717) is 17.4 Å². The first-order valence-corrected chi connectivity index (χ1v) is 13.1. The summed E-state index contributed by atoms with van der Waals surface area (Å²) >= 11 is 7.88. The zero-order valence-electron chi connectivity index (χ0n) is 18.9. The lowest BCUT2D eigenvalue weighted by atomic mass is 9.78. The van der Waals surface area contributed by atoms with Gasteiger partial charge in [0, 0.05) is 28.6 Å². The highest BCUT2D eigenvalue weighted by Gasteiger charge is 2.43. The summed E-state index contributed by atoms with van der Waals surface area (Å²) in [7, 11) is 0. The van der Waals surface area contributed by atoms with Gasteiger partial charge in [-0.1, -0.05) is 66.9 Å². The summed E-state index contributed by atoms with van der Waals surface area (Å²) in [6, 6.07) is 17.4. The lowest BCUT2D eigenvalue weighted by Gasteiger charge is -2.28. The largest absolute Gasteiger partial charge is 0.350 e. The van der Waals surface area contributed by atoms with Gasteiger partial charge in [-0.3, -0.25) is 9.59 Å². The summed E-state index contributed by atoms with van der Waals surface area (Å²) in [5.41, 5.74) is 3.41. The van der Waals surface area contributed by atoms with E-state index >= 15 is 0 Å². The molecule has 2 aromatic carbocycles. The molecule has 0 atom stereocenters. The normalized spacial score (nSPS) is 16.3. The van der Waals surface area contributed by atoms with Crippen molar-refractivity contribution in [1.29, 1.82) is 0 Å². The Morgan fingerprint density at radius 3 is 2.50 bits per heavy atom. The van der Waals surface area contributed by atoms with E-state index in [4.69, 9.17) is 11.6 Å². The SMILES string of the molecule is O=C(Cn1nc2c(c1NC(=O)C1(c3ccc(Cl)cc3)CCCC1)CSC2)NCc1ccccc1. The number of carbonyl (C=O) groups excluding carboxylic acids is 2. The highest BCUT2D eigenvalue weighted by Crippen LogP contribution is 2.43. The molecule has 5 rings (SSSR count). The molecule has 1 fully saturated rings. The van der Waals surface area contributed by atoms with Crippen LogP contribution in [0.4, 0.5) is 5.82 Å². The molecule has 1 aliphatic heterocycles. The van der Waals surface area contributed by atoms with Gasteiger partial charge in [-0.15, -0.1) is 0 Å². The lowest BCUT2D eigenvalue weighted by Crippen LogP contribution is -2.39. The number of fused-ring (bicyclic) bond motifs is 1. The number of nitrogens with one attached hydrogen (secondary N) is 2. The van der Waals surface area contributed by atoms with Crippen molar-refractivity contribution >= 4 is 41.0 Å². The first-order chi connectivity index (χ1) is 16.5. The number of nitrogens with zero attached hydrogens (tertiary/aromatic N) is 2. The summed E-state index contributed by atoms with van der Waals surface area (Å²) in [5, 5.41) is 11.5. The molecule has 2 heterocycles. The number of anilines is 1. The lowest BCUT2D eigenvalue weighted by molar-refractivity contribution is -0.123. The molecule has 2 N–H and O–H groups in total. The average Bonchev–Trinajstić information content (AvgIpc) is 3.58. The molecule has 1 aliphatic carbocycles. The number of hydrogen-bond donors (Lipinski definition) is 2. The van der Waals surface area contributed by atoms with Crippen molar-refractivity contribution in [3.63, 3.8) is 0 Å². The van der Waals surface area contributed by atoms with Gasteiger partial charge < -0.3 is 10.6 Å². The first-order valence-electron chi connectivity index (χ1n) is 11.6. The van der Waals surface area contributed by atoms with Crippen LogP contribution in [-0.2, 0) is 39.6 Å². The van der Waals surface area contributed by atoms with Crippen LogP contribution in [0.1, 0.15) is 48.1 Å². The Bertz CT molecular complexity index is 1190. The Balaban J connectivity index is 1.36. The second-order valence-corrected chi connectivity index (χ2v) is 10.4. The monoisotopic (exact) mass is 494 g/mol. The third-order valence-electron chi connectivity index (χ3n) is 6.77. The smallest absolute Gasteiger partial charge is 0.242 e. The third kappa shape index (κ3) is 4.59. The molecule has 1 aromatic heterocycles. The topological polar surface area (TPSA) is 76.0 Å². The Labute approximate surface area is 208 Å². The molecule has 6 nitrogen and oxygen atoms in total. The molecule has 3 aromatic rings. The van der Waals surface area contributed by atoms with Gasteiger partial charge in [0.05, 0.1) is 11.1 Å². The number of carbonyl (C=O) groups is 2. The van der Waals surface area contributed by atoms with Gasteiger partial charge in [0.2, 0.25) is 11.8 Å². The van der Waals surface area contributed by atoms with Gasteiger partial charge in [0.25, 0.3) is 0 Å². The fourth-order valence-electron chi connectivity index (χ4n) is 4.93. The third-order valence-corrected chi connectivity index (χ3v) is 7.99. The van der Waals surface area contributed by atoms with E-state index in [1.54, 1.807) is 16.4 Å². The van der Waals surface area contributed by atoms with Crippen molar-refractivity contribution in [1.82, 2.24) is 15.1 Å². The van der Waals surface area contributed by atoms with E-state index in [9.17, 15) is 9.59 Å². The molecule has 0 bridgehead atoms. The maximum absolute atomic E-state index is 13.8. The fraction of sp³-hybridized carbons (Fsp3) is 0.346. The molecule has 0 spiro atoms. The highest BCUT2D eigenvalue weighted by molar-refractivity contribution is 7.98. The summed E-state index contributed by atoms with van der Waals surface area (Å²) in [4.78, 5) is 26.5. The van der Waals surface area contributed by atoms with E-state index in [1.807, 2.05) is 54.6 Å². The number of rotatable bonds is 7. The highest BCUT2D eigenvalue weighted by atomic mass is 35.5. The van der Waals surface area contributed by atoms with Crippen molar-refractivity contribution in [2.24, 2.45) is 0 Å². The molecule has 1 saturated carbocycles. The Morgan fingerprint density at radius 1 is 1.03 bits per heavy atom. The van der Waals surface area contributed by atoms with Crippen molar-refractivity contribution < 1.29 is 9.59 Å². The van der Waals surface area contributed by atoms with E-state index in [2.05, 4.69) is 15.7 Å². The minimum Gasteiger partial charge on any atom is -0.350 e. The molecule has 0 unspecified atom stereocenters. The van der Waals surface area contributed by atoms with Crippen LogP contribution in [0.5, 0.6) is 0 Å². The Morgan fingerprint density at radius 2 is 1.76 bits per heavy atom. The number of halogens is 1. The summed E-state index contributed by atoms with van der Waals surface area (Å²) in [5.74, 6) is 2.06. The van der Waals surface area contributed by atoms with Crippen LogP contribution in [-0.4, -0.2) is 21.6 Å². The summed E-state index contributed by atoms with van der Waals surface area (Å²) in [6.45, 7) is 0.520. The summed E-state index contributed by atoms with van der Waals surface area (Å²) < 4.78 is 1.66. The minimum absolute atomic E-state index is 0.0298. The predicted octanol–water partition coefficient (Wildman–Crippen LogP) is 5.05. The molecule has 0 radical (unpaired) electrons. The fourth-order valence-corrected chi connectivity index (χ4v) is 6.09. The standard InChI is InChI=1S/C26H27ClN4O2S/c27-20-10-8-19(9-11-20)26(12-4-5-13-26)25(33)29-24-21-16-34-17-22(21)30-31(24)15-23(32)28-14-18-6-2-1-3-7-18/h1-3,6-11H,4-5,12-17H2,(H,28,32)(H,29,33). The van der Waals surface area contributed by atoms with E-state index < -0.39 is 5.41 Å². The van der Waals surface area contributed by atoms with Crippen molar-refractivity contribution in [3.8, 4) is 0 Å². The zero-order valence-corrected chi connectivity index (χ0v) is 20.4. The second kappa shape index (κ2) is 9.84. The van der Waals surface area contributed by atoms with Crippen molar-refractivity contribution in [3.05, 3.63) is 82.0 Å². The van der Waals surface area contributed by atoms with Crippen LogP contribution in [0, 0.1) is 0 Å². The average molecular weight is 495 g/mol. The van der Waals surface area contributed by atoms with E-state index in [0.717, 1.165) is 59.6 Å². The molecule has 176 valence electrons. The molecule has 0 saturated heterocycles. The van der Waals surface area contributed by atoms with Gasteiger partial charge in [0.15, 0.2) is 0 Å². The van der Waals surface area contributed by atoms with Crippen molar-refractivity contribution in [2.45, 2.75) is 55.7 Å². The van der Waals surface area contributed by atoms with E-state index in [1.165, 1.54) is 0 Å². The predicted molar refractivity (Wildman–Crippen MR) is 136 cm³/mol. The second-order valence-electron chi connectivity index (χ2n) is 8.94. The quantitative estimate of drug-likeness (QED) is 0.482. The van der Waals surface area contributed by atoms with Gasteiger partial charge in [-0.05, 0) is 36.1 Å². The molecule has 8 heteroatoms. The zero-order chi connectivity index (χ0) is 23.5. The number of thioether (sulfide) groups is 1. The van der Waals surface area contributed by atoms with Crippen LogP contribution in [0.2, 0.25) is 5.02 Å². The first kappa shape index (κ1) is 23.0. The molecular weight excluding hydrogens is 468 g/mol. The maximum Gasteiger partial charge on any atom is 0.242 e.